The lowest BCUT2D eigenvalue weighted by atomic mass is 9.99. The van der Waals surface area contributed by atoms with Gasteiger partial charge in [-0.05, 0) is 62.4 Å². The first-order valence-electron chi connectivity index (χ1n) is 10.2. The third kappa shape index (κ3) is 4.72. The van der Waals surface area contributed by atoms with Crippen LogP contribution in [0, 0.1) is 27.7 Å². The van der Waals surface area contributed by atoms with E-state index in [4.69, 9.17) is 4.74 Å². The molecule has 1 saturated heterocycles. The van der Waals surface area contributed by atoms with Crippen LogP contribution in [-0.2, 0) is 14.8 Å². The average molecular weight is 417 g/mol. The van der Waals surface area contributed by atoms with Gasteiger partial charge in [0.1, 0.15) is 0 Å². The molecule has 0 spiro atoms. The maximum absolute atomic E-state index is 13.5. The zero-order chi connectivity index (χ0) is 21.2. The second-order valence-corrected chi connectivity index (χ2v) is 9.65. The van der Waals surface area contributed by atoms with Gasteiger partial charge in [0.2, 0.25) is 10.0 Å². The molecule has 3 rings (SSSR count). The van der Waals surface area contributed by atoms with E-state index in [0.29, 0.717) is 18.1 Å². The second-order valence-electron chi connectivity index (χ2n) is 8.00. The Morgan fingerprint density at radius 1 is 0.966 bits per heavy atom. The molecule has 5 nitrogen and oxygen atoms in total. The van der Waals surface area contributed by atoms with E-state index in [1.54, 1.807) is 0 Å². The van der Waals surface area contributed by atoms with Gasteiger partial charge in [-0.25, -0.2) is 13.1 Å². The van der Waals surface area contributed by atoms with Crippen molar-refractivity contribution in [1.29, 1.82) is 0 Å². The summed E-state index contributed by atoms with van der Waals surface area (Å²) in [5.41, 5.74) is 4.73. The number of sulfonamides is 1. The van der Waals surface area contributed by atoms with Crippen molar-refractivity contribution in [3.63, 3.8) is 0 Å². The predicted molar refractivity (Wildman–Crippen MR) is 117 cm³/mol. The van der Waals surface area contributed by atoms with Gasteiger partial charge in [0.25, 0.3) is 0 Å². The monoisotopic (exact) mass is 416 g/mol. The van der Waals surface area contributed by atoms with Gasteiger partial charge >= 0.3 is 0 Å². The van der Waals surface area contributed by atoms with E-state index in [2.05, 4.69) is 21.8 Å². The maximum Gasteiger partial charge on any atom is 0.241 e. The molecule has 2 aromatic carbocycles. The van der Waals surface area contributed by atoms with Crippen LogP contribution in [0.5, 0.6) is 0 Å². The minimum Gasteiger partial charge on any atom is -0.379 e. The predicted octanol–water partition coefficient (Wildman–Crippen LogP) is 3.66. The molecule has 158 valence electrons. The molecule has 0 bridgehead atoms. The van der Waals surface area contributed by atoms with Gasteiger partial charge in [-0.3, -0.25) is 4.90 Å². The summed E-state index contributed by atoms with van der Waals surface area (Å²) in [6, 6.07) is 11.8. The number of rotatable bonds is 6. The highest BCUT2D eigenvalue weighted by Gasteiger charge is 2.32. The van der Waals surface area contributed by atoms with Crippen molar-refractivity contribution < 1.29 is 13.2 Å². The molecule has 0 saturated carbocycles. The number of morpholine rings is 1. The van der Waals surface area contributed by atoms with Crippen LogP contribution in [0.3, 0.4) is 0 Å². The number of hydrogen-bond acceptors (Lipinski definition) is 4. The van der Waals surface area contributed by atoms with Crippen LogP contribution in [-0.4, -0.2) is 45.7 Å². The number of nitrogens with zero attached hydrogens (tertiary/aromatic N) is 1. The number of aryl methyl sites for hydroxylation is 2. The topological polar surface area (TPSA) is 58.6 Å². The summed E-state index contributed by atoms with van der Waals surface area (Å²) in [5, 5.41) is 0. The summed E-state index contributed by atoms with van der Waals surface area (Å²) in [6.45, 7) is 12.6. The minimum atomic E-state index is -3.67. The van der Waals surface area contributed by atoms with Gasteiger partial charge in [0.05, 0.1) is 24.2 Å². The summed E-state index contributed by atoms with van der Waals surface area (Å²) < 4.78 is 35.4. The van der Waals surface area contributed by atoms with Gasteiger partial charge in [-0.1, -0.05) is 36.4 Å². The molecule has 0 unspecified atom stereocenters. The maximum atomic E-state index is 13.5. The van der Waals surface area contributed by atoms with E-state index in [9.17, 15) is 8.42 Å². The first-order valence-corrected chi connectivity index (χ1v) is 11.7. The summed E-state index contributed by atoms with van der Waals surface area (Å²) in [7, 11) is -3.67. The third-order valence-electron chi connectivity index (χ3n) is 5.96. The lowest BCUT2D eigenvalue weighted by Gasteiger charge is -2.38. The van der Waals surface area contributed by atoms with E-state index >= 15 is 0 Å². The Morgan fingerprint density at radius 2 is 1.52 bits per heavy atom. The third-order valence-corrected chi connectivity index (χ3v) is 7.79. The molecule has 2 atom stereocenters. The first-order chi connectivity index (χ1) is 13.7. The van der Waals surface area contributed by atoms with Crippen molar-refractivity contribution in [2.75, 3.05) is 26.3 Å². The van der Waals surface area contributed by atoms with Crippen molar-refractivity contribution >= 4 is 10.0 Å². The molecule has 1 fully saturated rings. The molecule has 0 radical (unpaired) electrons. The summed E-state index contributed by atoms with van der Waals surface area (Å²) in [4.78, 5) is 2.73. The Labute approximate surface area is 175 Å². The van der Waals surface area contributed by atoms with E-state index in [1.807, 2.05) is 58.9 Å². The fourth-order valence-electron chi connectivity index (χ4n) is 4.27. The van der Waals surface area contributed by atoms with Crippen LogP contribution in [0.4, 0.5) is 0 Å². The SMILES string of the molecule is Cc1cc(C)c(C)c(S(=O)(=O)N[C@H](C)[C@H](c2ccccc2)N2CCOCC2)c1C. The highest BCUT2D eigenvalue weighted by Crippen LogP contribution is 2.29. The summed E-state index contributed by atoms with van der Waals surface area (Å²) in [6.07, 6.45) is 0. The molecule has 0 aliphatic carbocycles. The molecule has 29 heavy (non-hydrogen) atoms. The number of nitrogens with one attached hydrogen (secondary N) is 1. The Hall–Kier alpha value is -1.73. The Bertz CT molecular complexity index is 926. The molecule has 1 aliphatic heterocycles. The van der Waals surface area contributed by atoms with Crippen LogP contribution in [0.1, 0.15) is 40.8 Å². The zero-order valence-corrected chi connectivity index (χ0v) is 18.8. The molecule has 0 amide bonds. The van der Waals surface area contributed by atoms with Gasteiger partial charge < -0.3 is 4.74 Å². The van der Waals surface area contributed by atoms with E-state index in [-0.39, 0.29) is 12.1 Å². The van der Waals surface area contributed by atoms with Crippen LogP contribution < -0.4 is 4.72 Å². The van der Waals surface area contributed by atoms with E-state index < -0.39 is 10.0 Å². The zero-order valence-electron chi connectivity index (χ0n) is 18.0. The van der Waals surface area contributed by atoms with Gasteiger partial charge in [-0.2, -0.15) is 0 Å². The number of benzene rings is 2. The molecular weight excluding hydrogens is 384 g/mol. The van der Waals surface area contributed by atoms with Crippen molar-refractivity contribution in [3.05, 3.63) is 64.2 Å². The quantitative estimate of drug-likeness (QED) is 0.781. The van der Waals surface area contributed by atoms with Gasteiger partial charge in [0.15, 0.2) is 0 Å². The van der Waals surface area contributed by atoms with Crippen LogP contribution in [0.15, 0.2) is 41.3 Å². The van der Waals surface area contributed by atoms with Gasteiger partial charge in [-0.15, -0.1) is 0 Å². The first kappa shape index (κ1) is 22.0. The highest BCUT2D eigenvalue weighted by atomic mass is 32.2. The highest BCUT2D eigenvalue weighted by molar-refractivity contribution is 7.89. The average Bonchev–Trinajstić information content (AvgIpc) is 2.68. The van der Waals surface area contributed by atoms with Crippen molar-refractivity contribution in [1.82, 2.24) is 9.62 Å². The van der Waals surface area contributed by atoms with Crippen LogP contribution in [0.25, 0.3) is 0 Å². The normalized spacial score (nSPS) is 17.8. The summed E-state index contributed by atoms with van der Waals surface area (Å²) >= 11 is 0. The lowest BCUT2D eigenvalue weighted by Crippen LogP contribution is -2.48. The molecule has 1 heterocycles. The largest absolute Gasteiger partial charge is 0.379 e. The standard InChI is InChI=1S/C23H32N2O3S/c1-16-15-17(2)19(4)23(18(16)3)29(26,27)24-20(5)22(21-9-7-6-8-10-21)25-11-13-28-14-12-25/h6-10,15,20,22,24H,11-14H2,1-5H3/t20-,22-/m1/s1. The molecule has 1 aliphatic rings. The Balaban J connectivity index is 1.96. The Kier molecular flexibility index (Phi) is 6.79. The van der Waals surface area contributed by atoms with Crippen molar-refractivity contribution in [3.8, 4) is 0 Å². The van der Waals surface area contributed by atoms with Crippen molar-refractivity contribution in [2.45, 2.75) is 51.6 Å². The molecule has 1 N–H and O–H groups in total. The smallest absolute Gasteiger partial charge is 0.241 e. The number of hydrogen-bond donors (Lipinski definition) is 1. The van der Waals surface area contributed by atoms with Gasteiger partial charge in [0, 0.05) is 19.1 Å². The molecule has 0 aromatic heterocycles. The lowest BCUT2D eigenvalue weighted by molar-refractivity contribution is 0.0105. The summed E-state index contributed by atoms with van der Waals surface area (Å²) in [5.74, 6) is 0. The fourth-order valence-corrected chi connectivity index (χ4v) is 6.14. The van der Waals surface area contributed by atoms with Crippen LogP contribution >= 0.6 is 0 Å². The Morgan fingerprint density at radius 3 is 2.07 bits per heavy atom. The second kappa shape index (κ2) is 8.96. The van der Waals surface area contributed by atoms with E-state index in [1.165, 1.54) is 0 Å². The van der Waals surface area contributed by atoms with Crippen LogP contribution in [0.2, 0.25) is 0 Å². The molecule has 6 heteroatoms. The van der Waals surface area contributed by atoms with Crippen molar-refractivity contribution in [2.24, 2.45) is 0 Å². The number of ether oxygens (including phenoxy) is 1. The molecular formula is C23H32N2O3S. The fraction of sp³-hybridized carbons (Fsp3) is 0.478. The minimum absolute atomic E-state index is 0.0543. The van der Waals surface area contributed by atoms with E-state index in [0.717, 1.165) is 40.9 Å². The molecule has 2 aromatic rings.